The zero-order chi connectivity index (χ0) is 20.0. The van der Waals surface area contributed by atoms with Crippen molar-refractivity contribution in [3.8, 4) is 0 Å². The lowest BCUT2D eigenvalue weighted by molar-refractivity contribution is 0.0202. The first kappa shape index (κ1) is 17.5. The number of carbonyl (C=O) groups is 2. The summed E-state index contributed by atoms with van der Waals surface area (Å²) in [6.07, 6.45) is 4.07. The highest BCUT2D eigenvalue weighted by molar-refractivity contribution is 5.96. The van der Waals surface area contributed by atoms with E-state index >= 15 is 0 Å². The summed E-state index contributed by atoms with van der Waals surface area (Å²) in [6.45, 7) is 0. The first-order valence-electron chi connectivity index (χ1n) is 11.9. The molecule has 0 heterocycles. The maximum absolute atomic E-state index is 13.0. The number of rotatable bonds is 6. The lowest BCUT2D eigenvalue weighted by atomic mass is 9.60. The van der Waals surface area contributed by atoms with Crippen molar-refractivity contribution >= 4 is 11.6 Å². The van der Waals surface area contributed by atoms with Gasteiger partial charge in [-0.2, -0.15) is 0 Å². The predicted octanol–water partition coefficient (Wildman–Crippen LogP) is 5.54. The molecule has 5 saturated carbocycles. The van der Waals surface area contributed by atoms with Crippen LogP contribution < -0.4 is 0 Å². The van der Waals surface area contributed by atoms with E-state index in [-0.39, 0.29) is 0 Å². The van der Waals surface area contributed by atoms with Gasteiger partial charge in [-0.3, -0.25) is 9.59 Å². The van der Waals surface area contributed by atoms with Crippen molar-refractivity contribution in [3.63, 3.8) is 0 Å². The molecule has 152 valence electrons. The van der Waals surface area contributed by atoms with Gasteiger partial charge in [0.25, 0.3) is 0 Å². The second kappa shape index (κ2) is 6.15. The molecule has 2 aromatic rings. The van der Waals surface area contributed by atoms with E-state index < -0.39 is 0 Å². The predicted molar refractivity (Wildman–Crippen MR) is 115 cm³/mol. The Kier molecular flexibility index (Phi) is 3.58. The molecule has 6 unspecified atom stereocenters. The molecule has 5 aliphatic rings. The average Bonchev–Trinajstić information content (AvgIpc) is 3.41. The van der Waals surface area contributed by atoms with Crippen molar-refractivity contribution in [1.82, 2.24) is 0 Å². The Morgan fingerprint density at radius 1 is 0.567 bits per heavy atom. The van der Waals surface area contributed by atoms with Gasteiger partial charge in [0.15, 0.2) is 11.6 Å². The van der Waals surface area contributed by atoms with Gasteiger partial charge in [-0.1, -0.05) is 60.7 Å². The molecule has 0 saturated heterocycles. The lowest BCUT2D eigenvalue weighted by Crippen LogP contribution is -2.41. The summed E-state index contributed by atoms with van der Waals surface area (Å²) < 4.78 is 0. The molecule has 0 aromatic heterocycles. The van der Waals surface area contributed by atoms with Crippen LogP contribution in [-0.4, -0.2) is 11.6 Å². The van der Waals surface area contributed by atoms with Crippen LogP contribution in [0.5, 0.6) is 0 Å². The maximum Gasteiger partial charge on any atom is 0.163 e. The van der Waals surface area contributed by atoms with Crippen LogP contribution in [0, 0.1) is 59.2 Å². The van der Waals surface area contributed by atoms with Gasteiger partial charge < -0.3 is 0 Å². The highest BCUT2D eigenvalue weighted by atomic mass is 16.1. The van der Waals surface area contributed by atoms with E-state index in [9.17, 15) is 9.59 Å². The summed E-state index contributed by atoms with van der Waals surface area (Å²) in [7, 11) is 0. The number of benzene rings is 2. The molecular weight excluding hydrogens is 368 g/mol. The second-order valence-corrected chi connectivity index (χ2v) is 10.8. The molecule has 5 aliphatic carbocycles. The molecule has 2 heteroatoms. The highest BCUT2D eigenvalue weighted by Crippen LogP contribution is 2.83. The molecule has 2 nitrogen and oxygen atoms in total. The molecule has 30 heavy (non-hydrogen) atoms. The number of carbonyl (C=O) groups excluding carboxylic acids is 2. The van der Waals surface area contributed by atoms with Gasteiger partial charge in [0, 0.05) is 24.0 Å². The lowest BCUT2D eigenvalue weighted by Gasteiger charge is -2.44. The smallest absolute Gasteiger partial charge is 0.163 e. The van der Waals surface area contributed by atoms with Gasteiger partial charge in [-0.15, -0.1) is 0 Å². The molecular formula is C28H28O2. The molecule has 10 atom stereocenters. The second-order valence-electron chi connectivity index (χ2n) is 10.8. The van der Waals surface area contributed by atoms with Gasteiger partial charge in [0.2, 0.25) is 0 Å². The van der Waals surface area contributed by atoms with Crippen LogP contribution in [0.1, 0.15) is 46.4 Å². The minimum atomic E-state index is 0.346. The summed E-state index contributed by atoms with van der Waals surface area (Å²) in [5.74, 6) is 8.37. The molecule has 0 radical (unpaired) electrons. The van der Waals surface area contributed by atoms with Crippen LogP contribution in [0.4, 0.5) is 0 Å². The Balaban J connectivity index is 1.13. The van der Waals surface area contributed by atoms with Crippen molar-refractivity contribution in [3.05, 3.63) is 71.8 Å². The highest BCUT2D eigenvalue weighted by Gasteiger charge is 2.78. The van der Waals surface area contributed by atoms with Gasteiger partial charge in [0.05, 0.1) is 0 Å². The topological polar surface area (TPSA) is 34.1 Å². The third-order valence-corrected chi connectivity index (χ3v) is 10.1. The van der Waals surface area contributed by atoms with Crippen molar-refractivity contribution in [1.29, 1.82) is 0 Å². The Labute approximate surface area is 178 Å². The van der Waals surface area contributed by atoms with E-state index in [1.807, 2.05) is 60.7 Å². The number of hydrogen-bond acceptors (Lipinski definition) is 2. The molecule has 0 N–H and O–H groups in total. The average molecular weight is 397 g/mol. The molecule has 0 amide bonds. The molecule has 0 spiro atoms. The Bertz CT molecular complexity index is 892. The molecule has 0 bridgehead atoms. The standard InChI is InChI=1S/C28H28O2/c29-23(15-7-3-1-4-8-15)13-17-19-11-21-18(14-24(30)16-9-5-2-6-10-16)22-12-20(17)26-25(19)27(21)28(22)26/h1-10,17-22,25-28H,11-14H2/t17?,18?,19-,20-,21-,22+,25?,26?,27?,28?/m0/s1. The fraction of sp³-hybridized carbons (Fsp3) is 0.500. The first-order chi connectivity index (χ1) is 14.7. The molecule has 7 rings (SSSR count). The molecule has 5 fully saturated rings. The van der Waals surface area contributed by atoms with Crippen molar-refractivity contribution in [2.24, 2.45) is 59.2 Å². The van der Waals surface area contributed by atoms with Crippen molar-refractivity contribution in [2.45, 2.75) is 25.7 Å². The van der Waals surface area contributed by atoms with E-state index in [0.29, 0.717) is 23.4 Å². The normalized spacial score (nSPS) is 43.6. The van der Waals surface area contributed by atoms with Gasteiger partial charge in [0.1, 0.15) is 0 Å². The summed E-state index contributed by atoms with van der Waals surface area (Å²) >= 11 is 0. The fourth-order valence-corrected chi connectivity index (χ4v) is 9.41. The van der Waals surface area contributed by atoms with Crippen molar-refractivity contribution in [2.75, 3.05) is 0 Å². The van der Waals surface area contributed by atoms with E-state index in [1.165, 1.54) is 12.8 Å². The van der Waals surface area contributed by atoms with Crippen LogP contribution in [0.15, 0.2) is 60.7 Å². The monoisotopic (exact) mass is 396 g/mol. The maximum atomic E-state index is 13.0. The number of ketones is 2. The number of Topliss-reactive ketones (excluding diaryl/α,β-unsaturated/α-hetero) is 2. The van der Waals surface area contributed by atoms with Crippen LogP contribution in [0.2, 0.25) is 0 Å². The summed E-state index contributed by atoms with van der Waals surface area (Å²) in [4.78, 5) is 26.0. The largest absolute Gasteiger partial charge is 0.294 e. The summed E-state index contributed by atoms with van der Waals surface area (Å²) in [5.41, 5.74) is 1.77. The van der Waals surface area contributed by atoms with E-state index in [1.54, 1.807) is 0 Å². The third-order valence-electron chi connectivity index (χ3n) is 10.1. The SMILES string of the molecule is O=C(CC1[C@@H]2C[C@@H]3C4C2C2C4[C@H](C[C@H]21)C3CC(=O)c1ccccc1)c1ccccc1. The summed E-state index contributed by atoms with van der Waals surface area (Å²) in [6, 6.07) is 19.8. The van der Waals surface area contributed by atoms with Crippen LogP contribution in [0.3, 0.4) is 0 Å². The molecule has 2 aromatic carbocycles. The van der Waals surface area contributed by atoms with Crippen molar-refractivity contribution < 1.29 is 9.59 Å². The van der Waals surface area contributed by atoms with Crippen LogP contribution in [0.25, 0.3) is 0 Å². The minimum Gasteiger partial charge on any atom is -0.294 e. The zero-order valence-corrected chi connectivity index (χ0v) is 17.2. The Hall–Kier alpha value is -2.22. The molecule has 0 aliphatic heterocycles. The van der Waals surface area contributed by atoms with Gasteiger partial charge in [-0.25, -0.2) is 0 Å². The summed E-state index contributed by atoms with van der Waals surface area (Å²) in [5, 5.41) is 0. The third kappa shape index (κ3) is 2.15. The van der Waals surface area contributed by atoms with Crippen LogP contribution in [-0.2, 0) is 0 Å². The first-order valence-corrected chi connectivity index (χ1v) is 11.9. The van der Waals surface area contributed by atoms with Crippen LogP contribution >= 0.6 is 0 Å². The van der Waals surface area contributed by atoms with E-state index in [2.05, 4.69) is 0 Å². The van der Waals surface area contributed by atoms with Gasteiger partial charge >= 0.3 is 0 Å². The van der Waals surface area contributed by atoms with E-state index in [0.717, 1.165) is 71.3 Å². The van der Waals surface area contributed by atoms with Gasteiger partial charge in [-0.05, 0) is 72.0 Å². The fourth-order valence-electron chi connectivity index (χ4n) is 9.41. The van der Waals surface area contributed by atoms with E-state index in [4.69, 9.17) is 0 Å². The Morgan fingerprint density at radius 3 is 1.23 bits per heavy atom. The number of hydrogen-bond donors (Lipinski definition) is 0. The minimum absolute atomic E-state index is 0.346. The Morgan fingerprint density at radius 2 is 0.900 bits per heavy atom. The zero-order valence-electron chi connectivity index (χ0n) is 17.2. The quantitative estimate of drug-likeness (QED) is 0.601.